The highest BCUT2D eigenvalue weighted by Gasteiger charge is 2.42. The smallest absolute Gasteiger partial charge is 0.202 e. The zero-order valence-electron chi connectivity index (χ0n) is 13.3. The monoisotopic (exact) mass is 359 g/mol. The number of aliphatic hydroxyl groups excluding tert-OH is 2. The number of hydrogen-bond donors (Lipinski definition) is 5. The molecule has 0 spiro atoms. The zero-order valence-corrected chi connectivity index (χ0v) is 13.3. The second-order valence-electron chi connectivity index (χ2n) is 6.15. The number of fused-ring (bicyclic) bond motifs is 2. The van der Waals surface area contributed by atoms with Gasteiger partial charge in [-0.2, -0.15) is 0 Å². The van der Waals surface area contributed by atoms with Crippen LogP contribution in [-0.4, -0.2) is 44.0 Å². The van der Waals surface area contributed by atoms with Crippen molar-refractivity contribution in [2.45, 2.75) is 18.1 Å². The number of Topliss-reactive ketones (excluding diaryl/α,β-unsaturated/α-hetero) is 1. The first kappa shape index (κ1) is 16.5. The van der Waals surface area contributed by atoms with Gasteiger partial charge in [-0.1, -0.05) is 6.07 Å². The van der Waals surface area contributed by atoms with Crippen LogP contribution < -0.4 is 9.47 Å². The molecule has 8 nitrogen and oxygen atoms in total. The number of ether oxygens (including phenoxy) is 2. The fourth-order valence-corrected chi connectivity index (χ4v) is 3.36. The molecule has 1 radical (unpaired) electrons. The summed E-state index contributed by atoms with van der Waals surface area (Å²) in [7, 11) is 0. The van der Waals surface area contributed by atoms with Gasteiger partial charge in [0.25, 0.3) is 0 Å². The highest BCUT2D eigenvalue weighted by atomic mass is 16.5. The van der Waals surface area contributed by atoms with Crippen molar-refractivity contribution < 1.29 is 39.8 Å². The van der Waals surface area contributed by atoms with E-state index in [1.54, 1.807) is 0 Å². The van der Waals surface area contributed by atoms with E-state index >= 15 is 0 Å². The number of ketones is 1. The Hall–Kier alpha value is -2.97. The van der Waals surface area contributed by atoms with E-state index in [2.05, 4.69) is 0 Å². The van der Waals surface area contributed by atoms with Crippen LogP contribution in [0.15, 0.2) is 24.3 Å². The first-order chi connectivity index (χ1) is 12.4. The molecule has 0 saturated carbocycles. The van der Waals surface area contributed by atoms with E-state index in [4.69, 9.17) is 9.47 Å². The molecule has 135 valence electrons. The fraction of sp³-hybridized carbons (Fsp3) is 0.222. The summed E-state index contributed by atoms with van der Waals surface area (Å²) in [5.41, 5.74) is 0.528. The lowest BCUT2D eigenvalue weighted by Gasteiger charge is -2.31. The SMILES string of the molecule is O=C1c2c(O)cc(O)cc2OC(c2ccc(O)c3c2C(CO)[CH]O3)C1O. The van der Waals surface area contributed by atoms with Crippen LogP contribution in [0.1, 0.15) is 33.5 Å². The summed E-state index contributed by atoms with van der Waals surface area (Å²) in [4.78, 5) is 12.5. The van der Waals surface area contributed by atoms with Gasteiger partial charge in [0.15, 0.2) is 23.7 Å². The average molecular weight is 359 g/mol. The summed E-state index contributed by atoms with van der Waals surface area (Å²) in [6, 6.07) is 4.94. The van der Waals surface area contributed by atoms with Gasteiger partial charge in [0, 0.05) is 23.3 Å². The maximum atomic E-state index is 12.5. The second-order valence-corrected chi connectivity index (χ2v) is 6.15. The predicted octanol–water partition coefficient (Wildman–Crippen LogP) is 1.11. The van der Waals surface area contributed by atoms with Crippen LogP contribution in [0.5, 0.6) is 28.7 Å². The van der Waals surface area contributed by atoms with Crippen LogP contribution in [0.3, 0.4) is 0 Å². The summed E-state index contributed by atoms with van der Waals surface area (Å²) in [6.45, 7) is 1.04. The molecule has 0 amide bonds. The van der Waals surface area contributed by atoms with Gasteiger partial charge in [0.05, 0.1) is 12.5 Å². The summed E-state index contributed by atoms with van der Waals surface area (Å²) in [6.07, 6.45) is -2.80. The number of aliphatic hydroxyl groups is 2. The predicted molar refractivity (Wildman–Crippen MR) is 86.3 cm³/mol. The lowest BCUT2D eigenvalue weighted by Crippen LogP contribution is -2.36. The van der Waals surface area contributed by atoms with E-state index in [0.717, 1.165) is 6.07 Å². The van der Waals surface area contributed by atoms with Gasteiger partial charge < -0.3 is 35.0 Å². The van der Waals surface area contributed by atoms with Crippen LogP contribution in [0.2, 0.25) is 0 Å². The summed E-state index contributed by atoms with van der Waals surface area (Å²) < 4.78 is 11.0. The first-order valence-corrected chi connectivity index (χ1v) is 7.84. The highest BCUT2D eigenvalue weighted by molar-refractivity contribution is 6.05. The van der Waals surface area contributed by atoms with Crippen molar-refractivity contribution >= 4 is 5.78 Å². The van der Waals surface area contributed by atoms with E-state index in [1.807, 2.05) is 0 Å². The topological polar surface area (TPSA) is 137 Å². The third kappa shape index (κ3) is 2.27. The van der Waals surface area contributed by atoms with E-state index in [0.29, 0.717) is 11.1 Å². The van der Waals surface area contributed by atoms with E-state index in [9.17, 15) is 30.3 Å². The van der Waals surface area contributed by atoms with Crippen LogP contribution >= 0.6 is 0 Å². The van der Waals surface area contributed by atoms with Crippen molar-refractivity contribution in [2.24, 2.45) is 0 Å². The molecule has 4 rings (SSSR count). The van der Waals surface area contributed by atoms with Gasteiger partial charge in [0.1, 0.15) is 29.4 Å². The maximum absolute atomic E-state index is 12.5. The van der Waals surface area contributed by atoms with Crippen LogP contribution in [0, 0.1) is 6.61 Å². The number of benzene rings is 2. The number of rotatable bonds is 2. The number of phenols is 3. The minimum Gasteiger partial charge on any atom is -0.508 e. The lowest BCUT2D eigenvalue weighted by atomic mass is 9.87. The molecule has 0 aliphatic carbocycles. The Morgan fingerprint density at radius 1 is 1.08 bits per heavy atom. The van der Waals surface area contributed by atoms with Gasteiger partial charge in [-0.05, 0) is 6.07 Å². The summed E-state index contributed by atoms with van der Waals surface area (Å²) in [5.74, 6) is -2.24. The second kappa shape index (κ2) is 5.79. The molecule has 0 saturated heterocycles. The molecule has 3 unspecified atom stereocenters. The highest BCUT2D eigenvalue weighted by Crippen LogP contribution is 2.49. The fourth-order valence-electron chi connectivity index (χ4n) is 3.36. The van der Waals surface area contributed by atoms with Gasteiger partial charge in [-0.25, -0.2) is 0 Å². The molecule has 2 heterocycles. The molecule has 26 heavy (non-hydrogen) atoms. The normalized spacial score (nSPS) is 23.8. The van der Waals surface area contributed by atoms with Crippen molar-refractivity contribution in [1.82, 2.24) is 0 Å². The van der Waals surface area contributed by atoms with Crippen LogP contribution in [0.4, 0.5) is 0 Å². The minimum atomic E-state index is -1.63. The first-order valence-electron chi connectivity index (χ1n) is 7.84. The van der Waals surface area contributed by atoms with Crippen molar-refractivity contribution in [3.63, 3.8) is 0 Å². The molecule has 2 aliphatic rings. The Morgan fingerprint density at radius 2 is 1.85 bits per heavy atom. The molecule has 0 fully saturated rings. The van der Waals surface area contributed by atoms with Gasteiger partial charge in [-0.15, -0.1) is 0 Å². The van der Waals surface area contributed by atoms with Crippen LogP contribution in [0.25, 0.3) is 0 Å². The van der Waals surface area contributed by atoms with Crippen molar-refractivity contribution in [1.29, 1.82) is 0 Å². The summed E-state index contributed by atoms with van der Waals surface area (Å²) >= 11 is 0. The zero-order chi connectivity index (χ0) is 18.6. The Labute approximate surface area is 147 Å². The van der Waals surface area contributed by atoms with E-state index < -0.39 is 29.7 Å². The maximum Gasteiger partial charge on any atom is 0.202 e. The third-order valence-corrected chi connectivity index (χ3v) is 4.56. The average Bonchev–Trinajstić information content (AvgIpc) is 3.03. The number of carbonyl (C=O) groups excluding carboxylic acids is 1. The molecule has 3 atom stereocenters. The molecule has 0 bridgehead atoms. The largest absolute Gasteiger partial charge is 0.508 e. The molecular weight excluding hydrogens is 344 g/mol. The molecule has 2 aromatic carbocycles. The number of phenolic OH excluding ortho intramolecular Hbond substituents is 3. The number of hydrogen-bond acceptors (Lipinski definition) is 8. The number of aromatic hydroxyl groups is 3. The Balaban J connectivity index is 1.85. The molecule has 5 N–H and O–H groups in total. The van der Waals surface area contributed by atoms with Crippen molar-refractivity contribution in [3.8, 4) is 28.7 Å². The van der Waals surface area contributed by atoms with Gasteiger partial charge in [0.2, 0.25) is 5.78 Å². The van der Waals surface area contributed by atoms with Crippen molar-refractivity contribution in [3.05, 3.63) is 47.6 Å². The van der Waals surface area contributed by atoms with Gasteiger partial charge >= 0.3 is 0 Å². The Kier molecular flexibility index (Phi) is 3.67. The van der Waals surface area contributed by atoms with E-state index in [-0.39, 0.29) is 35.2 Å². The molecule has 0 aromatic heterocycles. The van der Waals surface area contributed by atoms with Crippen molar-refractivity contribution in [2.75, 3.05) is 6.61 Å². The minimum absolute atomic E-state index is 0.0759. The molecule has 8 heteroatoms. The summed E-state index contributed by atoms with van der Waals surface area (Å²) in [5, 5.41) is 49.5. The van der Waals surface area contributed by atoms with Gasteiger partial charge in [-0.3, -0.25) is 4.79 Å². The third-order valence-electron chi connectivity index (χ3n) is 4.56. The van der Waals surface area contributed by atoms with Crippen LogP contribution in [-0.2, 0) is 0 Å². The standard InChI is InChI=1S/C18H15O8/c19-5-7-6-25-18-10(21)2-1-9(13(7)18)17-16(24)15(23)14-11(22)3-8(20)4-12(14)26-17/h1-4,6-7,16-17,19-22,24H,5H2. The number of carbonyl (C=O) groups is 1. The van der Waals surface area contributed by atoms with E-state index in [1.165, 1.54) is 24.8 Å². The Bertz CT molecular complexity index is 907. The quantitative estimate of drug-likeness (QED) is 0.538. The molecule has 2 aliphatic heterocycles. The Morgan fingerprint density at radius 3 is 2.58 bits per heavy atom. The molecular formula is C18H15O8. The lowest BCUT2D eigenvalue weighted by molar-refractivity contribution is 0.0206. The molecule has 2 aromatic rings.